The second kappa shape index (κ2) is 7.22. The lowest BCUT2D eigenvalue weighted by molar-refractivity contribution is 0.0747. The lowest BCUT2D eigenvalue weighted by Crippen LogP contribution is -2.33. The average molecular weight is 379 g/mol. The van der Waals surface area contributed by atoms with Crippen molar-refractivity contribution in [3.63, 3.8) is 0 Å². The van der Waals surface area contributed by atoms with Crippen LogP contribution in [0.5, 0.6) is 0 Å². The highest BCUT2D eigenvalue weighted by molar-refractivity contribution is 5.95. The summed E-state index contributed by atoms with van der Waals surface area (Å²) in [6.45, 7) is 8.90. The van der Waals surface area contributed by atoms with Crippen LogP contribution in [-0.4, -0.2) is 43.4 Å². The van der Waals surface area contributed by atoms with Gasteiger partial charge in [0.2, 0.25) is 5.89 Å². The summed E-state index contributed by atoms with van der Waals surface area (Å²) in [7, 11) is 0. The second-order valence-electron chi connectivity index (χ2n) is 7.69. The molecule has 1 fully saturated rings. The van der Waals surface area contributed by atoms with Crippen LogP contribution in [0.1, 0.15) is 61.5 Å². The van der Waals surface area contributed by atoms with Gasteiger partial charge in [0.15, 0.2) is 0 Å². The molecule has 0 N–H and O–H groups in total. The van der Waals surface area contributed by atoms with Crippen molar-refractivity contribution >= 4 is 5.91 Å². The molecule has 0 radical (unpaired) electrons. The van der Waals surface area contributed by atoms with Crippen LogP contribution in [0.4, 0.5) is 0 Å². The van der Waals surface area contributed by atoms with E-state index in [2.05, 4.69) is 31.0 Å². The standard InChI is InChI=1S/C21H25N5O2/c1-13(2)19-12-18(20-23-22-15(4)28-20)24-26(19)17-9-5-8-16(11-17)21(27)25-10-6-7-14(25)3/h5,8-9,11-14H,6-7,10H2,1-4H3. The molecule has 1 amide bonds. The van der Waals surface area contributed by atoms with Gasteiger partial charge in [-0.25, -0.2) is 4.68 Å². The molecule has 0 aliphatic carbocycles. The predicted molar refractivity (Wildman–Crippen MR) is 105 cm³/mol. The van der Waals surface area contributed by atoms with Crippen LogP contribution in [0.15, 0.2) is 34.7 Å². The summed E-state index contributed by atoms with van der Waals surface area (Å²) in [6.07, 6.45) is 2.13. The maximum atomic E-state index is 13.0. The molecule has 0 spiro atoms. The molecule has 0 bridgehead atoms. The Hall–Kier alpha value is -2.96. The lowest BCUT2D eigenvalue weighted by atomic mass is 10.1. The van der Waals surface area contributed by atoms with E-state index in [1.54, 1.807) is 6.92 Å². The van der Waals surface area contributed by atoms with Gasteiger partial charge >= 0.3 is 0 Å². The number of rotatable bonds is 4. The van der Waals surface area contributed by atoms with Crippen LogP contribution in [0.3, 0.4) is 0 Å². The first-order valence-electron chi connectivity index (χ1n) is 9.76. The third-order valence-corrected chi connectivity index (χ3v) is 5.23. The highest BCUT2D eigenvalue weighted by Gasteiger charge is 2.26. The zero-order chi connectivity index (χ0) is 19.8. The summed E-state index contributed by atoms with van der Waals surface area (Å²) in [4.78, 5) is 14.9. The molecule has 146 valence electrons. The van der Waals surface area contributed by atoms with E-state index in [1.807, 2.05) is 39.9 Å². The van der Waals surface area contributed by atoms with E-state index in [-0.39, 0.29) is 11.8 Å². The zero-order valence-corrected chi connectivity index (χ0v) is 16.7. The van der Waals surface area contributed by atoms with Crippen LogP contribution in [0.2, 0.25) is 0 Å². The number of aryl methyl sites for hydroxylation is 1. The molecule has 1 aliphatic rings. The van der Waals surface area contributed by atoms with Crippen LogP contribution in [0, 0.1) is 6.92 Å². The van der Waals surface area contributed by atoms with Gasteiger partial charge in [0.05, 0.1) is 5.69 Å². The first-order chi connectivity index (χ1) is 13.4. The Balaban J connectivity index is 1.72. The topological polar surface area (TPSA) is 77.1 Å². The van der Waals surface area contributed by atoms with Crippen LogP contribution in [-0.2, 0) is 0 Å². The normalized spacial score (nSPS) is 16.9. The highest BCUT2D eigenvalue weighted by atomic mass is 16.4. The minimum absolute atomic E-state index is 0.0813. The largest absolute Gasteiger partial charge is 0.420 e. The van der Waals surface area contributed by atoms with E-state index in [0.29, 0.717) is 29.1 Å². The van der Waals surface area contributed by atoms with Gasteiger partial charge in [-0.3, -0.25) is 4.79 Å². The number of benzene rings is 1. The number of carbonyl (C=O) groups is 1. The molecule has 3 aromatic rings. The molecule has 1 atom stereocenters. The smallest absolute Gasteiger partial charge is 0.268 e. The van der Waals surface area contributed by atoms with E-state index in [4.69, 9.17) is 9.52 Å². The third kappa shape index (κ3) is 3.32. The van der Waals surface area contributed by atoms with Gasteiger partial charge in [0.1, 0.15) is 5.69 Å². The Morgan fingerprint density at radius 2 is 2.07 bits per heavy atom. The molecule has 28 heavy (non-hydrogen) atoms. The SMILES string of the molecule is Cc1nnc(-c2cc(C(C)C)n(-c3cccc(C(=O)N4CCCC4C)c3)n2)o1. The highest BCUT2D eigenvalue weighted by Crippen LogP contribution is 2.27. The van der Waals surface area contributed by atoms with Gasteiger partial charge < -0.3 is 9.32 Å². The summed E-state index contributed by atoms with van der Waals surface area (Å²) < 4.78 is 7.40. The van der Waals surface area contributed by atoms with Gasteiger partial charge in [-0.1, -0.05) is 19.9 Å². The van der Waals surface area contributed by atoms with E-state index in [0.717, 1.165) is 30.8 Å². The van der Waals surface area contributed by atoms with Crippen molar-refractivity contribution in [2.75, 3.05) is 6.54 Å². The summed E-state index contributed by atoms with van der Waals surface area (Å²) in [5.41, 5.74) is 3.19. The van der Waals surface area contributed by atoms with Gasteiger partial charge in [-0.2, -0.15) is 5.10 Å². The summed E-state index contributed by atoms with van der Waals surface area (Å²) in [5.74, 6) is 1.22. The Kier molecular flexibility index (Phi) is 4.75. The molecule has 7 nitrogen and oxygen atoms in total. The number of likely N-dealkylation sites (tertiary alicyclic amines) is 1. The molecule has 1 saturated heterocycles. The molecule has 2 aromatic heterocycles. The van der Waals surface area contributed by atoms with Gasteiger partial charge in [-0.15, -0.1) is 10.2 Å². The van der Waals surface area contributed by atoms with Crippen LogP contribution < -0.4 is 0 Å². The predicted octanol–water partition coefficient (Wildman–Crippen LogP) is 3.98. The van der Waals surface area contributed by atoms with Crippen molar-refractivity contribution in [2.45, 2.75) is 52.5 Å². The summed E-state index contributed by atoms with van der Waals surface area (Å²) in [6, 6.07) is 9.92. The molecule has 3 heterocycles. The average Bonchev–Trinajstić information content (AvgIpc) is 3.40. The number of nitrogens with zero attached hydrogens (tertiary/aromatic N) is 5. The Morgan fingerprint density at radius 3 is 2.71 bits per heavy atom. The first kappa shape index (κ1) is 18.4. The quantitative estimate of drug-likeness (QED) is 0.685. The number of aromatic nitrogens is 4. The van der Waals surface area contributed by atoms with E-state index < -0.39 is 0 Å². The first-order valence-corrected chi connectivity index (χ1v) is 9.76. The summed E-state index contributed by atoms with van der Waals surface area (Å²) >= 11 is 0. The number of hydrogen-bond acceptors (Lipinski definition) is 5. The van der Waals surface area contributed by atoms with Gasteiger partial charge in [-0.05, 0) is 49.9 Å². The van der Waals surface area contributed by atoms with E-state index >= 15 is 0 Å². The van der Waals surface area contributed by atoms with Crippen LogP contribution in [0.25, 0.3) is 17.3 Å². The van der Waals surface area contributed by atoms with E-state index in [9.17, 15) is 4.79 Å². The second-order valence-corrected chi connectivity index (χ2v) is 7.69. The molecular weight excluding hydrogens is 354 g/mol. The van der Waals surface area contributed by atoms with Crippen molar-refractivity contribution in [3.8, 4) is 17.3 Å². The lowest BCUT2D eigenvalue weighted by Gasteiger charge is -2.21. The Labute approximate surface area is 164 Å². The minimum Gasteiger partial charge on any atom is -0.420 e. The Bertz CT molecular complexity index is 1000. The molecule has 4 rings (SSSR count). The van der Waals surface area contributed by atoms with E-state index in [1.165, 1.54) is 0 Å². The summed E-state index contributed by atoms with van der Waals surface area (Å²) in [5, 5.41) is 12.7. The Morgan fingerprint density at radius 1 is 1.25 bits per heavy atom. The molecular formula is C21H25N5O2. The fraction of sp³-hybridized carbons (Fsp3) is 0.429. The number of amides is 1. The maximum absolute atomic E-state index is 13.0. The third-order valence-electron chi connectivity index (χ3n) is 5.23. The molecule has 1 aliphatic heterocycles. The fourth-order valence-electron chi connectivity index (χ4n) is 3.69. The van der Waals surface area contributed by atoms with Gasteiger partial charge in [0, 0.05) is 30.8 Å². The molecule has 0 saturated carbocycles. The number of hydrogen-bond donors (Lipinski definition) is 0. The zero-order valence-electron chi connectivity index (χ0n) is 16.7. The fourth-order valence-corrected chi connectivity index (χ4v) is 3.69. The maximum Gasteiger partial charge on any atom is 0.268 e. The van der Waals surface area contributed by atoms with Crippen molar-refractivity contribution in [2.24, 2.45) is 0 Å². The molecule has 1 unspecified atom stereocenters. The van der Waals surface area contributed by atoms with Gasteiger partial charge in [0.25, 0.3) is 11.8 Å². The van der Waals surface area contributed by atoms with Crippen LogP contribution >= 0.6 is 0 Å². The van der Waals surface area contributed by atoms with Crippen molar-refractivity contribution in [3.05, 3.63) is 47.5 Å². The van der Waals surface area contributed by atoms with Crippen molar-refractivity contribution in [1.82, 2.24) is 24.9 Å². The minimum atomic E-state index is 0.0813. The number of carbonyl (C=O) groups excluding carboxylic acids is 1. The monoisotopic (exact) mass is 379 g/mol. The molecule has 7 heteroatoms. The molecule has 1 aromatic carbocycles. The van der Waals surface area contributed by atoms with Crippen molar-refractivity contribution in [1.29, 1.82) is 0 Å². The van der Waals surface area contributed by atoms with Crippen molar-refractivity contribution < 1.29 is 9.21 Å².